The number of benzene rings is 2. The van der Waals surface area contributed by atoms with Crippen LogP contribution in [0.5, 0.6) is 0 Å². The first-order chi connectivity index (χ1) is 10.5. The third-order valence-corrected chi connectivity index (χ3v) is 5.35. The van der Waals surface area contributed by atoms with Crippen LogP contribution in [0.3, 0.4) is 0 Å². The molecule has 2 aromatic carbocycles. The molecule has 0 heterocycles. The Kier molecular flexibility index (Phi) is 4.88. The van der Waals surface area contributed by atoms with E-state index in [0.29, 0.717) is 6.07 Å². The molecule has 2 aromatic rings. The molecule has 0 aliphatic carbocycles. The van der Waals surface area contributed by atoms with Gasteiger partial charge < -0.3 is 0 Å². The molecule has 0 spiro atoms. The Labute approximate surface area is 142 Å². The molecule has 6 nitrogen and oxygen atoms in total. The van der Waals surface area contributed by atoms with E-state index >= 15 is 0 Å². The summed E-state index contributed by atoms with van der Waals surface area (Å²) in [6, 6.07) is 6.13. The van der Waals surface area contributed by atoms with E-state index in [0.717, 1.165) is 24.3 Å². The topological polar surface area (TPSA) is 106 Å². The average Bonchev–Trinajstić information content (AvgIpc) is 2.38. The van der Waals surface area contributed by atoms with Gasteiger partial charge >= 0.3 is 0 Å². The zero-order valence-electron chi connectivity index (χ0n) is 11.1. The maximum Gasteiger partial charge on any atom is 0.262 e. The van der Waals surface area contributed by atoms with Crippen molar-refractivity contribution in [2.45, 2.75) is 9.79 Å². The molecule has 0 fully saturated rings. The quantitative estimate of drug-likeness (QED) is 0.824. The first-order valence-electron chi connectivity index (χ1n) is 5.80. The molecule has 2 rings (SSSR count). The van der Waals surface area contributed by atoms with E-state index in [4.69, 9.17) is 28.3 Å². The maximum absolute atomic E-state index is 13.9. The summed E-state index contributed by atoms with van der Waals surface area (Å²) in [5.41, 5.74) is -0.450. The van der Waals surface area contributed by atoms with Crippen molar-refractivity contribution in [3.63, 3.8) is 0 Å². The standard InChI is InChI=1S/C12H9Cl2FN2O4S2/c13-7-3-8(14)5-10(4-7)23(20,21)17-12-2-1-9(6-11(12)15)22(16,18)19/h1-6,17H,(H2,16,18,19). The fourth-order valence-corrected chi connectivity index (χ4v) is 3.96. The SMILES string of the molecule is NS(=O)(=O)c1ccc(NS(=O)(=O)c2cc(Cl)cc(Cl)c2)c(F)c1. The van der Waals surface area contributed by atoms with Crippen molar-refractivity contribution in [1.29, 1.82) is 0 Å². The number of halogens is 3. The van der Waals surface area contributed by atoms with Gasteiger partial charge in [0.05, 0.1) is 15.5 Å². The predicted molar refractivity (Wildman–Crippen MR) is 85.0 cm³/mol. The van der Waals surface area contributed by atoms with Crippen LogP contribution in [0.2, 0.25) is 10.0 Å². The highest BCUT2D eigenvalue weighted by atomic mass is 35.5. The van der Waals surface area contributed by atoms with Crippen LogP contribution in [-0.2, 0) is 20.0 Å². The summed E-state index contributed by atoms with van der Waals surface area (Å²) in [6.07, 6.45) is 0. The van der Waals surface area contributed by atoms with Crippen LogP contribution in [0.4, 0.5) is 10.1 Å². The van der Waals surface area contributed by atoms with Gasteiger partial charge in [0.15, 0.2) is 0 Å². The molecule has 0 atom stereocenters. The van der Waals surface area contributed by atoms with Crippen molar-refractivity contribution < 1.29 is 21.2 Å². The average molecular weight is 399 g/mol. The monoisotopic (exact) mass is 398 g/mol. The smallest absolute Gasteiger partial charge is 0.262 e. The van der Waals surface area contributed by atoms with Gasteiger partial charge in [-0.25, -0.2) is 26.4 Å². The third kappa shape index (κ3) is 4.33. The number of hydrogen-bond donors (Lipinski definition) is 2. The van der Waals surface area contributed by atoms with Gasteiger partial charge in [-0.3, -0.25) is 4.72 Å². The minimum absolute atomic E-state index is 0.0860. The Bertz CT molecular complexity index is 958. The number of nitrogens with one attached hydrogen (secondary N) is 1. The summed E-state index contributed by atoms with van der Waals surface area (Å²) in [4.78, 5) is -0.756. The minimum Gasteiger partial charge on any atom is -0.277 e. The molecule has 0 radical (unpaired) electrons. The molecule has 0 bridgehead atoms. The molecule has 0 aliphatic heterocycles. The molecule has 11 heteroatoms. The lowest BCUT2D eigenvalue weighted by molar-refractivity contribution is 0.592. The Morgan fingerprint density at radius 2 is 1.48 bits per heavy atom. The van der Waals surface area contributed by atoms with E-state index in [1.54, 1.807) is 0 Å². The molecule has 0 saturated heterocycles. The summed E-state index contributed by atoms with van der Waals surface area (Å²) in [6.45, 7) is 0. The van der Waals surface area contributed by atoms with Crippen LogP contribution in [0.15, 0.2) is 46.2 Å². The van der Waals surface area contributed by atoms with Gasteiger partial charge in [0, 0.05) is 10.0 Å². The van der Waals surface area contributed by atoms with E-state index in [1.807, 2.05) is 4.72 Å². The van der Waals surface area contributed by atoms with Crippen molar-refractivity contribution in [2.24, 2.45) is 5.14 Å². The number of rotatable bonds is 4. The van der Waals surface area contributed by atoms with Crippen molar-refractivity contribution in [3.05, 3.63) is 52.3 Å². The fraction of sp³-hybridized carbons (Fsp3) is 0. The molecule has 3 N–H and O–H groups in total. The number of hydrogen-bond acceptors (Lipinski definition) is 4. The van der Waals surface area contributed by atoms with Crippen LogP contribution >= 0.6 is 23.2 Å². The molecule has 0 saturated carbocycles. The minimum atomic E-state index is -4.17. The van der Waals surface area contributed by atoms with Gasteiger partial charge in [0.25, 0.3) is 10.0 Å². The lowest BCUT2D eigenvalue weighted by Crippen LogP contribution is -2.16. The van der Waals surface area contributed by atoms with Gasteiger partial charge in [-0.2, -0.15) is 0 Å². The van der Waals surface area contributed by atoms with Gasteiger partial charge in [-0.1, -0.05) is 23.2 Å². The summed E-state index contributed by atoms with van der Waals surface area (Å²) >= 11 is 11.5. The molecule has 124 valence electrons. The lowest BCUT2D eigenvalue weighted by atomic mass is 10.3. The second-order valence-electron chi connectivity index (χ2n) is 4.40. The molecule has 0 amide bonds. The maximum atomic E-state index is 13.9. The van der Waals surface area contributed by atoms with E-state index < -0.39 is 36.4 Å². The number of primary sulfonamides is 1. The third-order valence-electron chi connectivity index (χ3n) is 2.66. The fourth-order valence-electron chi connectivity index (χ4n) is 1.64. The first-order valence-corrected chi connectivity index (χ1v) is 9.59. The number of anilines is 1. The molecular formula is C12H9Cl2FN2O4S2. The number of nitrogens with two attached hydrogens (primary N) is 1. The Hall–Kier alpha value is -1.39. The second kappa shape index (κ2) is 6.25. The zero-order chi connectivity index (χ0) is 17.4. The van der Waals surface area contributed by atoms with E-state index in [9.17, 15) is 21.2 Å². The largest absolute Gasteiger partial charge is 0.277 e. The van der Waals surface area contributed by atoms with Crippen LogP contribution in [0.25, 0.3) is 0 Å². The Morgan fingerprint density at radius 1 is 0.913 bits per heavy atom. The molecule has 0 aliphatic rings. The Balaban J connectivity index is 2.41. The molecule has 0 unspecified atom stereocenters. The van der Waals surface area contributed by atoms with Crippen LogP contribution in [0.1, 0.15) is 0 Å². The van der Waals surface area contributed by atoms with Gasteiger partial charge in [-0.05, 0) is 36.4 Å². The van der Waals surface area contributed by atoms with Crippen LogP contribution in [0, 0.1) is 5.82 Å². The van der Waals surface area contributed by atoms with Crippen molar-refractivity contribution in [2.75, 3.05) is 4.72 Å². The van der Waals surface area contributed by atoms with Gasteiger partial charge in [-0.15, -0.1) is 0 Å². The molecule has 23 heavy (non-hydrogen) atoms. The summed E-state index contributed by atoms with van der Waals surface area (Å²) in [7, 11) is -8.27. The summed E-state index contributed by atoms with van der Waals surface area (Å²) in [5, 5.41) is 5.04. The predicted octanol–water partition coefficient (Wildman–Crippen LogP) is 2.58. The lowest BCUT2D eigenvalue weighted by Gasteiger charge is -2.10. The van der Waals surface area contributed by atoms with Gasteiger partial charge in [0.1, 0.15) is 5.82 Å². The van der Waals surface area contributed by atoms with E-state index in [-0.39, 0.29) is 14.9 Å². The van der Waals surface area contributed by atoms with E-state index in [1.165, 1.54) is 6.07 Å². The van der Waals surface area contributed by atoms with Crippen molar-refractivity contribution >= 4 is 48.9 Å². The normalized spacial score (nSPS) is 12.2. The van der Waals surface area contributed by atoms with Crippen molar-refractivity contribution in [1.82, 2.24) is 0 Å². The zero-order valence-corrected chi connectivity index (χ0v) is 14.3. The number of sulfonamides is 2. The Morgan fingerprint density at radius 3 is 1.96 bits per heavy atom. The molecular weight excluding hydrogens is 390 g/mol. The van der Waals surface area contributed by atoms with Gasteiger partial charge in [0.2, 0.25) is 10.0 Å². The highest BCUT2D eigenvalue weighted by molar-refractivity contribution is 7.92. The summed E-state index contributed by atoms with van der Waals surface area (Å²) < 4.78 is 62.5. The van der Waals surface area contributed by atoms with Crippen molar-refractivity contribution in [3.8, 4) is 0 Å². The highest BCUT2D eigenvalue weighted by Crippen LogP contribution is 2.25. The summed E-state index contributed by atoms with van der Waals surface area (Å²) in [5.74, 6) is -1.10. The second-order valence-corrected chi connectivity index (χ2v) is 8.51. The first kappa shape index (κ1) is 18.0. The van der Waals surface area contributed by atoms with Crippen LogP contribution < -0.4 is 9.86 Å². The molecule has 0 aromatic heterocycles. The van der Waals surface area contributed by atoms with E-state index in [2.05, 4.69) is 0 Å². The van der Waals surface area contributed by atoms with Crippen LogP contribution in [-0.4, -0.2) is 16.8 Å². The highest BCUT2D eigenvalue weighted by Gasteiger charge is 2.19.